The monoisotopic (exact) mass is 313 g/mol. The second-order valence-corrected chi connectivity index (χ2v) is 6.08. The molecule has 1 aliphatic rings. The van der Waals surface area contributed by atoms with Gasteiger partial charge in [0, 0.05) is 19.0 Å². The minimum Gasteiger partial charge on any atom is -0.481 e. The Bertz CT molecular complexity index is 519. The molecule has 0 radical (unpaired) electrons. The van der Waals surface area contributed by atoms with E-state index in [9.17, 15) is 9.59 Å². The molecule has 8 heteroatoms. The zero-order valence-corrected chi connectivity index (χ0v) is 12.9. The quantitative estimate of drug-likeness (QED) is 0.902. The van der Waals surface area contributed by atoms with Gasteiger partial charge in [0.05, 0.1) is 42.9 Å². The van der Waals surface area contributed by atoms with Gasteiger partial charge in [0.1, 0.15) is 0 Å². The lowest BCUT2D eigenvalue weighted by atomic mass is 10.1. The van der Waals surface area contributed by atoms with Crippen molar-refractivity contribution in [3.8, 4) is 0 Å². The van der Waals surface area contributed by atoms with Crippen molar-refractivity contribution in [1.82, 2.24) is 14.8 Å². The van der Waals surface area contributed by atoms with E-state index in [1.807, 2.05) is 12.3 Å². The van der Waals surface area contributed by atoms with Crippen LogP contribution in [0.2, 0.25) is 0 Å². The molecule has 1 aromatic rings. The third kappa shape index (κ3) is 4.15. The number of rotatable bonds is 4. The van der Waals surface area contributed by atoms with Crippen LogP contribution >= 0.6 is 11.3 Å². The van der Waals surface area contributed by atoms with Gasteiger partial charge in [0.15, 0.2) is 0 Å². The van der Waals surface area contributed by atoms with E-state index < -0.39 is 12.0 Å². The van der Waals surface area contributed by atoms with Crippen molar-refractivity contribution in [3.63, 3.8) is 0 Å². The number of morpholine rings is 1. The fourth-order valence-corrected chi connectivity index (χ4v) is 2.89. The Morgan fingerprint density at radius 2 is 2.38 bits per heavy atom. The van der Waals surface area contributed by atoms with E-state index in [0.717, 1.165) is 10.7 Å². The van der Waals surface area contributed by atoms with Gasteiger partial charge in [-0.1, -0.05) is 0 Å². The standard InChI is InChI=1S/C13H19N3O4S/c1-9-14-10(8-21-9)6-15(2)13(19)16-3-4-20-7-11(16)5-12(17)18/h8,11H,3-7H2,1-2H3,(H,17,18). The number of nitrogens with zero attached hydrogens (tertiary/aromatic N) is 3. The number of carbonyl (C=O) groups excluding carboxylic acids is 1. The number of aromatic nitrogens is 1. The first-order valence-corrected chi connectivity index (χ1v) is 7.57. The second-order valence-electron chi connectivity index (χ2n) is 5.02. The maximum atomic E-state index is 12.5. The summed E-state index contributed by atoms with van der Waals surface area (Å²) in [6, 6.07) is -0.599. The largest absolute Gasteiger partial charge is 0.481 e. The summed E-state index contributed by atoms with van der Waals surface area (Å²) in [7, 11) is 1.70. The summed E-state index contributed by atoms with van der Waals surface area (Å²) in [5.41, 5.74) is 0.844. The molecule has 1 fully saturated rings. The van der Waals surface area contributed by atoms with Crippen LogP contribution in [0.5, 0.6) is 0 Å². The predicted octanol–water partition coefficient (Wildman–Crippen LogP) is 1.18. The number of thiazole rings is 1. The Labute approximate surface area is 127 Å². The number of amides is 2. The molecule has 0 aliphatic carbocycles. The molecule has 7 nitrogen and oxygen atoms in total. The SMILES string of the molecule is Cc1nc(CN(C)C(=O)N2CCOCC2CC(=O)O)cs1. The van der Waals surface area contributed by atoms with Crippen molar-refractivity contribution in [2.45, 2.75) is 25.9 Å². The first kappa shape index (κ1) is 15.7. The maximum Gasteiger partial charge on any atom is 0.320 e. The normalized spacial score (nSPS) is 18.6. The first-order chi connectivity index (χ1) is 9.97. The molecule has 2 rings (SSSR count). The molecular weight excluding hydrogens is 294 g/mol. The molecule has 1 unspecified atom stereocenters. The van der Waals surface area contributed by atoms with Crippen LogP contribution in [-0.2, 0) is 16.1 Å². The van der Waals surface area contributed by atoms with Gasteiger partial charge in [-0.05, 0) is 6.92 Å². The Balaban J connectivity index is 2.00. The summed E-state index contributed by atoms with van der Waals surface area (Å²) >= 11 is 1.54. The molecular formula is C13H19N3O4S. The van der Waals surface area contributed by atoms with Gasteiger partial charge in [0.2, 0.25) is 0 Å². The predicted molar refractivity (Wildman–Crippen MR) is 77.3 cm³/mol. The van der Waals surface area contributed by atoms with Gasteiger partial charge in [-0.2, -0.15) is 0 Å². The Morgan fingerprint density at radius 1 is 1.62 bits per heavy atom. The van der Waals surface area contributed by atoms with Crippen LogP contribution in [0.1, 0.15) is 17.1 Å². The van der Waals surface area contributed by atoms with E-state index in [1.54, 1.807) is 28.2 Å². The molecule has 116 valence electrons. The number of carboxylic acids is 1. The second kappa shape index (κ2) is 6.86. The van der Waals surface area contributed by atoms with Crippen LogP contribution in [0.25, 0.3) is 0 Å². The minimum absolute atomic E-state index is 0.102. The van der Waals surface area contributed by atoms with E-state index in [2.05, 4.69) is 4.98 Å². The van der Waals surface area contributed by atoms with Crippen molar-refractivity contribution >= 4 is 23.3 Å². The summed E-state index contributed by atoms with van der Waals surface area (Å²) in [5.74, 6) is -0.930. The third-order valence-corrected chi connectivity index (χ3v) is 4.10. The van der Waals surface area contributed by atoms with E-state index in [1.165, 1.54) is 0 Å². The fourth-order valence-electron chi connectivity index (χ4n) is 2.29. The van der Waals surface area contributed by atoms with Gasteiger partial charge in [-0.25, -0.2) is 9.78 Å². The van der Waals surface area contributed by atoms with Crippen molar-refractivity contribution in [2.24, 2.45) is 0 Å². The topological polar surface area (TPSA) is 83.0 Å². The summed E-state index contributed by atoms with van der Waals surface area (Å²) in [4.78, 5) is 30.8. The summed E-state index contributed by atoms with van der Waals surface area (Å²) in [5, 5.41) is 11.8. The molecule has 1 aromatic heterocycles. The van der Waals surface area contributed by atoms with Crippen LogP contribution in [0, 0.1) is 6.92 Å². The van der Waals surface area contributed by atoms with Crippen molar-refractivity contribution in [3.05, 3.63) is 16.1 Å². The van der Waals surface area contributed by atoms with E-state index in [0.29, 0.717) is 19.7 Å². The number of carboxylic acid groups (broad SMARTS) is 1. The molecule has 1 aliphatic heterocycles. The van der Waals surface area contributed by atoms with Gasteiger partial charge in [-0.15, -0.1) is 11.3 Å². The third-order valence-electron chi connectivity index (χ3n) is 3.28. The van der Waals surface area contributed by atoms with E-state index >= 15 is 0 Å². The average Bonchev–Trinajstić information content (AvgIpc) is 2.83. The number of carbonyl (C=O) groups is 2. The van der Waals surface area contributed by atoms with Crippen LogP contribution in [0.4, 0.5) is 4.79 Å². The zero-order valence-electron chi connectivity index (χ0n) is 12.1. The Kier molecular flexibility index (Phi) is 5.13. The molecule has 1 N–H and O–H groups in total. The molecule has 2 amide bonds. The Morgan fingerprint density at radius 3 is 3.00 bits per heavy atom. The average molecular weight is 313 g/mol. The molecule has 0 bridgehead atoms. The van der Waals surface area contributed by atoms with Crippen LogP contribution in [0.3, 0.4) is 0 Å². The van der Waals surface area contributed by atoms with Crippen molar-refractivity contribution < 1.29 is 19.4 Å². The van der Waals surface area contributed by atoms with Crippen molar-refractivity contribution in [2.75, 3.05) is 26.8 Å². The highest BCUT2D eigenvalue weighted by atomic mass is 32.1. The number of hydrogen-bond donors (Lipinski definition) is 1. The lowest BCUT2D eigenvalue weighted by molar-refractivity contribution is -0.139. The number of hydrogen-bond acceptors (Lipinski definition) is 5. The van der Waals surface area contributed by atoms with Gasteiger partial charge in [0.25, 0.3) is 0 Å². The molecule has 0 aromatic carbocycles. The molecule has 0 spiro atoms. The molecule has 1 atom stereocenters. The van der Waals surface area contributed by atoms with Gasteiger partial charge < -0.3 is 19.6 Å². The molecule has 1 saturated heterocycles. The van der Waals surface area contributed by atoms with Crippen molar-refractivity contribution in [1.29, 1.82) is 0 Å². The van der Waals surface area contributed by atoms with Gasteiger partial charge >= 0.3 is 12.0 Å². The van der Waals surface area contributed by atoms with Crippen LogP contribution in [0.15, 0.2) is 5.38 Å². The smallest absolute Gasteiger partial charge is 0.320 e. The first-order valence-electron chi connectivity index (χ1n) is 6.69. The van der Waals surface area contributed by atoms with Gasteiger partial charge in [-0.3, -0.25) is 4.79 Å². The Hall–Kier alpha value is -1.67. The number of urea groups is 1. The van der Waals surface area contributed by atoms with Crippen LogP contribution < -0.4 is 0 Å². The highest BCUT2D eigenvalue weighted by Gasteiger charge is 2.31. The molecule has 0 saturated carbocycles. The summed E-state index contributed by atoms with van der Waals surface area (Å²) in [6.07, 6.45) is -0.102. The molecule has 2 heterocycles. The number of ether oxygens (including phenoxy) is 1. The summed E-state index contributed by atoms with van der Waals surface area (Å²) < 4.78 is 5.28. The van der Waals surface area contributed by atoms with Crippen LogP contribution in [-0.4, -0.2) is 64.7 Å². The highest BCUT2D eigenvalue weighted by Crippen LogP contribution is 2.15. The lowest BCUT2D eigenvalue weighted by Gasteiger charge is -2.37. The fraction of sp³-hybridized carbons (Fsp3) is 0.615. The minimum atomic E-state index is -0.930. The molecule has 21 heavy (non-hydrogen) atoms. The highest BCUT2D eigenvalue weighted by molar-refractivity contribution is 7.09. The zero-order chi connectivity index (χ0) is 15.4. The van der Waals surface area contributed by atoms with E-state index in [4.69, 9.17) is 9.84 Å². The lowest BCUT2D eigenvalue weighted by Crippen LogP contribution is -2.53. The number of aryl methyl sites for hydroxylation is 1. The maximum absolute atomic E-state index is 12.5. The summed E-state index contributed by atoms with van der Waals surface area (Å²) in [6.45, 7) is 3.45. The number of aliphatic carboxylic acids is 1. The van der Waals surface area contributed by atoms with E-state index in [-0.39, 0.29) is 19.1 Å².